The van der Waals surface area contributed by atoms with Crippen LogP contribution in [-0.4, -0.2) is 62.3 Å². The zero-order chi connectivity index (χ0) is 27.1. The second-order valence-corrected chi connectivity index (χ2v) is 11.0. The average molecular weight is 542 g/mol. The predicted octanol–water partition coefficient (Wildman–Crippen LogP) is 7.05. The molecule has 0 saturated heterocycles. The molecular weight excluding hydrogens is 489 g/mol. The predicted molar refractivity (Wildman–Crippen MR) is 152 cm³/mol. The molecule has 0 aromatic heterocycles. The summed E-state index contributed by atoms with van der Waals surface area (Å²) in [4.78, 5) is 23.3. The normalized spacial score (nSPS) is 13.0. The Morgan fingerprint density at radius 3 is 2.11 bits per heavy atom. The van der Waals surface area contributed by atoms with E-state index in [1.165, 1.54) is 70.3 Å². The van der Waals surface area contributed by atoms with E-state index in [-0.39, 0.29) is 12.6 Å². The maximum absolute atomic E-state index is 11.4. The summed E-state index contributed by atoms with van der Waals surface area (Å²) in [6.07, 6.45) is 15.2. The third kappa shape index (κ3) is 20.4. The number of unbranched alkanes of at least 4 members (excludes halogenated alkanes) is 9. The van der Waals surface area contributed by atoms with Crippen molar-refractivity contribution in [1.82, 2.24) is 4.90 Å². The lowest BCUT2D eigenvalue weighted by molar-refractivity contribution is -0.148. The fraction of sp³-hybridized carbons (Fsp3) is 0.759. The molecule has 0 fully saturated rings. The van der Waals surface area contributed by atoms with Crippen molar-refractivity contribution >= 4 is 14.6 Å². The number of ether oxygens (including phenoxy) is 2. The zero-order valence-corrected chi connectivity index (χ0v) is 24.7. The van der Waals surface area contributed by atoms with Gasteiger partial charge < -0.3 is 28.3 Å². The Kier molecular flexibility index (Phi) is 20.7. The van der Waals surface area contributed by atoms with Crippen molar-refractivity contribution in [3.8, 4) is 5.75 Å². The molecule has 2 unspecified atom stereocenters. The van der Waals surface area contributed by atoms with Crippen LogP contribution in [0.25, 0.3) is 0 Å². The van der Waals surface area contributed by atoms with E-state index in [0.717, 1.165) is 31.6 Å². The number of likely N-dealkylation sites (N-methyl/N-ethyl adjacent to an activating group) is 1. The second-order valence-electron chi connectivity index (χ2n) is 9.97. The van der Waals surface area contributed by atoms with Gasteiger partial charge >= 0.3 is 14.6 Å². The fourth-order valence-corrected chi connectivity index (χ4v) is 4.57. The number of rotatable bonds is 24. The van der Waals surface area contributed by atoms with Crippen LogP contribution in [0.15, 0.2) is 24.3 Å². The van der Waals surface area contributed by atoms with Gasteiger partial charge in [-0.2, -0.15) is 0 Å². The molecule has 0 bridgehead atoms. The quantitative estimate of drug-likeness (QED) is 0.0853. The van der Waals surface area contributed by atoms with Crippen LogP contribution in [0.2, 0.25) is 0 Å². The second kappa shape index (κ2) is 22.7. The first-order valence-electron chi connectivity index (χ1n) is 14.2. The largest absolute Gasteiger partial charge is 0.494 e. The van der Waals surface area contributed by atoms with Gasteiger partial charge in [0.25, 0.3) is 0 Å². The summed E-state index contributed by atoms with van der Waals surface area (Å²) in [5, 5.41) is 0. The average Bonchev–Trinajstić information content (AvgIpc) is 2.86. The molecule has 1 N–H and O–H groups in total. The molecule has 0 saturated carbocycles. The summed E-state index contributed by atoms with van der Waals surface area (Å²) in [7, 11) is 1.88. The fourth-order valence-electron chi connectivity index (χ4n) is 3.96. The van der Waals surface area contributed by atoms with Gasteiger partial charge in [-0.25, -0.2) is 0 Å². The Balaban J connectivity index is 2.18. The molecule has 1 rings (SSSR count). The van der Waals surface area contributed by atoms with Gasteiger partial charge in [-0.3, -0.25) is 4.79 Å². The number of hydrogen-bond acceptors (Lipinski definition) is 7. The van der Waals surface area contributed by atoms with E-state index in [2.05, 4.69) is 19.1 Å². The molecule has 0 aliphatic rings. The molecule has 7 nitrogen and oxygen atoms in total. The monoisotopic (exact) mass is 541 g/mol. The third-order valence-corrected chi connectivity index (χ3v) is 6.90. The van der Waals surface area contributed by atoms with E-state index in [0.29, 0.717) is 19.6 Å². The minimum atomic E-state index is -1.98. The first-order valence-corrected chi connectivity index (χ1v) is 15.3. The number of aryl methyl sites for hydroxylation is 1. The van der Waals surface area contributed by atoms with Gasteiger partial charge in [-0.1, -0.05) is 76.8 Å². The van der Waals surface area contributed by atoms with E-state index in [9.17, 15) is 9.69 Å². The van der Waals surface area contributed by atoms with Crippen LogP contribution in [0.5, 0.6) is 5.75 Å². The molecule has 1 aromatic rings. The number of carbonyl (C=O) groups excluding carboxylic acids is 1. The molecule has 0 aliphatic carbocycles. The van der Waals surface area contributed by atoms with Gasteiger partial charge in [0, 0.05) is 13.5 Å². The standard InChI is InChI=1S/C29H52NO6P/c1-5-6-7-8-9-10-11-12-13-14-23-33-28-20-18-27(19-21-28)16-15-17-29(36-26(2)31)25-35-37(32)34-24-22-30(3)4/h18-21,29,32H,5-17,22-25H2,1-4H3. The highest BCUT2D eigenvalue weighted by Gasteiger charge is 2.16. The Hall–Kier alpha value is -1.24. The Bertz CT molecular complexity index is 673. The van der Waals surface area contributed by atoms with Gasteiger partial charge in [0.1, 0.15) is 11.9 Å². The highest BCUT2D eigenvalue weighted by atomic mass is 31.2. The maximum Gasteiger partial charge on any atom is 0.330 e. The number of nitrogens with zero attached hydrogens (tertiary/aromatic N) is 1. The maximum atomic E-state index is 11.4. The highest BCUT2D eigenvalue weighted by Crippen LogP contribution is 2.33. The molecule has 1 aromatic carbocycles. The highest BCUT2D eigenvalue weighted by molar-refractivity contribution is 7.40. The lowest BCUT2D eigenvalue weighted by atomic mass is 10.1. The summed E-state index contributed by atoms with van der Waals surface area (Å²) in [6, 6.07) is 8.25. The van der Waals surface area contributed by atoms with Gasteiger partial charge in [0.2, 0.25) is 0 Å². The van der Waals surface area contributed by atoms with Crippen LogP contribution in [-0.2, 0) is 25.0 Å². The van der Waals surface area contributed by atoms with Crippen molar-refractivity contribution < 1.29 is 28.2 Å². The molecule has 0 aliphatic heterocycles. The minimum absolute atomic E-state index is 0.121. The van der Waals surface area contributed by atoms with Crippen molar-refractivity contribution in [1.29, 1.82) is 0 Å². The van der Waals surface area contributed by atoms with E-state index in [4.69, 9.17) is 18.5 Å². The summed E-state index contributed by atoms with van der Waals surface area (Å²) in [5.74, 6) is 0.560. The summed E-state index contributed by atoms with van der Waals surface area (Å²) < 4.78 is 21.9. The van der Waals surface area contributed by atoms with Gasteiger partial charge in [0.05, 0.1) is 19.8 Å². The molecule has 0 amide bonds. The topological polar surface area (TPSA) is 77.5 Å². The Morgan fingerprint density at radius 2 is 1.51 bits per heavy atom. The Labute approximate surface area is 227 Å². The van der Waals surface area contributed by atoms with Crippen LogP contribution in [0, 0.1) is 0 Å². The van der Waals surface area contributed by atoms with Crippen molar-refractivity contribution in [3.63, 3.8) is 0 Å². The van der Waals surface area contributed by atoms with Crippen molar-refractivity contribution in [2.24, 2.45) is 0 Å². The summed E-state index contributed by atoms with van der Waals surface area (Å²) >= 11 is 0. The van der Waals surface area contributed by atoms with Crippen LogP contribution < -0.4 is 4.74 Å². The van der Waals surface area contributed by atoms with E-state index >= 15 is 0 Å². The zero-order valence-electron chi connectivity index (χ0n) is 23.8. The molecule has 2 atom stereocenters. The molecule has 8 heteroatoms. The number of esters is 1. The smallest absolute Gasteiger partial charge is 0.330 e. The lowest BCUT2D eigenvalue weighted by Crippen LogP contribution is -2.22. The Morgan fingerprint density at radius 1 is 0.892 bits per heavy atom. The van der Waals surface area contributed by atoms with Crippen LogP contribution >= 0.6 is 8.60 Å². The summed E-state index contributed by atoms with van der Waals surface area (Å²) in [6.45, 7) is 5.61. The number of carbonyl (C=O) groups is 1. The van der Waals surface area contributed by atoms with Gasteiger partial charge in [0.15, 0.2) is 0 Å². The van der Waals surface area contributed by atoms with Crippen LogP contribution in [0.4, 0.5) is 0 Å². The van der Waals surface area contributed by atoms with Crippen molar-refractivity contribution in [3.05, 3.63) is 29.8 Å². The minimum Gasteiger partial charge on any atom is -0.494 e. The van der Waals surface area contributed by atoms with E-state index in [1.54, 1.807) is 0 Å². The molecule has 0 heterocycles. The van der Waals surface area contributed by atoms with Crippen LogP contribution in [0.3, 0.4) is 0 Å². The molecule has 0 radical (unpaired) electrons. The number of benzene rings is 1. The van der Waals surface area contributed by atoms with Crippen LogP contribution in [0.1, 0.15) is 96.5 Å². The summed E-state index contributed by atoms with van der Waals surface area (Å²) in [5.41, 5.74) is 1.21. The van der Waals surface area contributed by atoms with Crippen molar-refractivity contribution in [2.75, 3.05) is 40.5 Å². The van der Waals surface area contributed by atoms with E-state index < -0.39 is 14.7 Å². The molecule has 0 spiro atoms. The van der Waals surface area contributed by atoms with Gasteiger partial charge in [-0.15, -0.1) is 0 Å². The third-order valence-electron chi connectivity index (χ3n) is 6.13. The molecular formula is C29H52NO6P. The van der Waals surface area contributed by atoms with Crippen molar-refractivity contribution in [2.45, 2.75) is 103 Å². The SMILES string of the molecule is CCCCCCCCCCCCOc1ccc(CCCC(COP(O)OCCN(C)C)OC(C)=O)cc1. The first-order chi connectivity index (χ1) is 17.9. The lowest BCUT2D eigenvalue weighted by Gasteiger charge is -2.19. The molecule has 37 heavy (non-hydrogen) atoms. The van der Waals surface area contributed by atoms with Gasteiger partial charge in [-0.05, 0) is 57.5 Å². The molecule has 214 valence electrons. The first kappa shape index (κ1) is 33.8. The number of hydrogen-bond donors (Lipinski definition) is 1. The van der Waals surface area contributed by atoms with E-state index in [1.807, 2.05) is 31.1 Å².